The van der Waals surface area contributed by atoms with Gasteiger partial charge in [0.25, 0.3) is 5.91 Å². The molecule has 20 heavy (non-hydrogen) atoms. The number of carbonyl (C=O) groups is 1. The third-order valence-corrected chi connectivity index (χ3v) is 5.36. The molecule has 2 rings (SSSR count). The summed E-state index contributed by atoms with van der Waals surface area (Å²) < 4.78 is 0. The van der Waals surface area contributed by atoms with Crippen molar-refractivity contribution in [2.45, 2.75) is 20.3 Å². The van der Waals surface area contributed by atoms with Gasteiger partial charge in [-0.25, -0.2) is 4.98 Å². The van der Waals surface area contributed by atoms with E-state index in [-0.39, 0.29) is 5.91 Å². The Morgan fingerprint density at radius 1 is 1.55 bits per heavy atom. The lowest BCUT2D eigenvalue weighted by molar-refractivity contribution is 0.0953. The average molecular weight is 314 g/mol. The van der Waals surface area contributed by atoms with Crippen molar-refractivity contribution >= 4 is 40.0 Å². The van der Waals surface area contributed by atoms with E-state index >= 15 is 0 Å². The molecule has 0 aliphatic carbocycles. The molecule has 0 spiro atoms. The van der Waals surface area contributed by atoms with Gasteiger partial charge in [0, 0.05) is 13.1 Å². The van der Waals surface area contributed by atoms with Gasteiger partial charge in [0.05, 0.1) is 0 Å². The van der Waals surface area contributed by atoms with Crippen LogP contribution in [-0.2, 0) is 0 Å². The molecule has 1 aromatic rings. The second-order valence-corrected chi connectivity index (χ2v) is 7.60. The Morgan fingerprint density at radius 2 is 2.35 bits per heavy atom. The van der Waals surface area contributed by atoms with E-state index < -0.39 is 0 Å². The van der Waals surface area contributed by atoms with E-state index in [4.69, 9.17) is 5.73 Å². The number of hydrogen-bond acceptors (Lipinski definition) is 6. The summed E-state index contributed by atoms with van der Waals surface area (Å²) in [5, 5.41) is 6.89. The van der Waals surface area contributed by atoms with Crippen LogP contribution >= 0.6 is 23.1 Å². The standard InChI is InChI=1S/C13H22N4OS2/c1-8(2)5-16-13-17-11(14)10(20-13)12(18)15-6-9-3-4-19-7-9/h8-9H,3-7,14H2,1-2H3,(H,15,18)(H,16,17). The molecule has 7 heteroatoms. The summed E-state index contributed by atoms with van der Waals surface area (Å²) in [6.07, 6.45) is 1.18. The molecule has 1 aromatic heterocycles. The zero-order valence-corrected chi connectivity index (χ0v) is 13.6. The van der Waals surface area contributed by atoms with E-state index in [2.05, 4.69) is 29.5 Å². The molecule has 1 saturated heterocycles. The van der Waals surface area contributed by atoms with Gasteiger partial charge < -0.3 is 16.4 Å². The molecule has 2 heterocycles. The SMILES string of the molecule is CC(C)CNc1nc(N)c(C(=O)NCC2CCSC2)s1. The molecule has 1 aliphatic rings. The number of nitrogens with one attached hydrogen (secondary N) is 2. The normalized spacial score (nSPS) is 18.4. The number of nitrogens with two attached hydrogens (primary N) is 1. The summed E-state index contributed by atoms with van der Waals surface area (Å²) in [6, 6.07) is 0. The minimum absolute atomic E-state index is 0.102. The number of anilines is 2. The van der Waals surface area contributed by atoms with Gasteiger partial charge in [-0.2, -0.15) is 11.8 Å². The summed E-state index contributed by atoms with van der Waals surface area (Å²) in [4.78, 5) is 16.8. The smallest absolute Gasteiger partial charge is 0.265 e. The molecule has 0 radical (unpaired) electrons. The second kappa shape index (κ2) is 7.17. The predicted octanol–water partition coefficient (Wildman–Crippen LogP) is 2.28. The van der Waals surface area contributed by atoms with Crippen LogP contribution in [0.15, 0.2) is 0 Å². The number of hydrogen-bond donors (Lipinski definition) is 3. The van der Waals surface area contributed by atoms with Gasteiger partial charge in [0.1, 0.15) is 10.7 Å². The first kappa shape index (κ1) is 15.4. The van der Waals surface area contributed by atoms with E-state index in [0.29, 0.717) is 22.5 Å². The second-order valence-electron chi connectivity index (χ2n) is 5.45. The van der Waals surface area contributed by atoms with E-state index in [1.54, 1.807) is 0 Å². The Balaban J connectivity index is 1.88. The van der Waals surface area contributed by atoms with Crippen molar-refractivity contribution in [3.63, 3.8) is 0 Å². The molecule has 4 N–H and O–H groups in total. The van der Waals surface area contributed by atoms with Crippen LogP contribution in [0.3, 0.4) is 0 Å². The molecule has 1 fully saturated rings. The Labute approximate surface area is 128 Å². The van der Waals surface area contributed by atoms with E-state index in [1.165, 1.54) is 23.5 Å². The molecule has 112 valence electrons. The maximum absolute atomic E-state index is 12.1. The molecule has 1 amide bonds. The maximum atomic E-state index is 12.1. The fourth-order valence-electron chi connectivity index (χ4n) is 1.92. The van der Waals surface area contributed by atoms with Crippen LogP contribution in [0, 0.1) is 11.8 Å². The van der Waals surface area contributed by atoms with Crippen LogP contribution in [0.5, 0.6) is 0 Å². The highest BCUT2D eigenvalue weighted by Gasteiger charge is 2.19. The predicted molar refractivity (Wildman–Crippen MR) is 87.6 cm³/mol. The van der Waals surface area contributed by atoms with Gasteiger partial charge in [-0.05, 0) is 29.8 Å². The van der Waals surface area contributed by atoms with Crippen molar-refractivity contribution in [2.24, 2.45) is 11.8 Å². The lowest BCUT2D eigenvalue weighted by atomic mass is 10.1. The molecular formula is C13H22N4OS2. The van der Waals surface area contributed by atoms with Gasteiger partial charge >= 0.3 is 0 Å². The molecule has 5 nitrogen and oxygen atoms in total. The molecular weight excluding hydrogens is 292 g/mol. The van der Waals surface area contributed by atoms with Crippen molar-refractivity contribution in [1.29, 1.82) is 0 Å². The summed E-state index contributed by atoms with van der Waals surface area (Å²) in [5.41, 5.74) is 5.83. The fourth-order valence-corrected chi connectivity index (χ4v) is 4.02. The number of thioether (sulfide) groups is 1. The number of thiazole rings is 1. The average Bonchev–Trinajstić information content (AvgIpc) is 3.03. The first-order chi connectivity index (χ1) is 9.56. The molecule has 1 aliphatic heterocycles. The Kier molecular flexibility index (Phi) is 5.54. The summed E-state index contributed by atoms with van der Waals surface area (Å²) >= 11 is 3.28. The quantitative estimate of drug-likeness (QED) is 0.750. The topological polar surface area (TPSA) is 80.0 Å². The Morgan fingerprint density at radius 3 is 3.00 bits per heavy atom. The summed E-state index contributed by atoms with van der Waals surface area (Å²) in [5.74, 6) is 3.68. The Hall–Kier alpha value is -0.950. The van der Waals surface area contributed by atoms with Crippen LogP contribution in [0.2, 0.25) is 0 Å². The van der Waals surface area contributed by atoms with Gasteiger partial charge in [-0.3, -0.25) is 4.79 Å². The number of carbonyl (C=O) groups excluding carboxylic acids is 1. The molecule has 0 saturated carbocycles. The zero-order valence-electron chi connectivity index (χ0n) is 11.9. The minimum Gasteiger partial charge on any atom is -0.382 e. The van der Waals surface area contributed by atoms with E-state index in [0.717, 1.165) is 24.0 Å². The van der Waals surface area contributed by atoms with Crippen molar-refractivity contribution in [2.75, 3.05) is 35.6 Å². The van der Waals surface area contributed by atoms with Crippen LogP contribution in [0.4, 0.5) is 10.9 Å². The lowest BCUT2D eigenvalue weighted by Gasteiger charge is -2.09. The van der Waals surface area contributed by atoms with Gasteiger partial charge in [-0.15, -0.1) is 0 Å². The molecule has 1 atom stereocenters. The first-order valence-corrected chi connectivity index (χ1v) is 8.89. The van der Waals surface area contributed by atoms with E-state index in [1.807, 2.05) is 11.8 Å². The fraction of sp³-hybridized carbons (Fsp3) is 0.692. The number of rotatable bonds is 6. The van der Waals surface area contributed by atoms with Gasteiger partial charge in [0.2, 0.25) is 0 Å². The lowest BCUT2D eigenvalue weighted by Crippen LogP contribution is -2.29. The number of nitrogen functional groups attached to an aromatic ring is 1. The highest BCUT2D eigenvalue weighted by molar-refractivity contribution is 7.99. The first-order valence-electron chi connectivity index (χ1n) is 6.92. The van der Waals surface area contributed by atoms with Crippen LogP contribution in [0.25, 0.3) is 0 Å². The largest absolute Gasteiger partial charge is 0.382 e. The zero-order chi connectivity index (χ0) is 14.5. The van der Waals surface area contributed by atoms with Crippen molar-refractivity contribution < 1.29 is 4.79 Å². The van der Waals surface area contributed by atoms with Crippen molar-refractivity contribution in [1.82, 2.24) is 10.3 Å². The minimum atomic E-state index is -0.102. The van der Waals surface area contributed by atoms with Crippen molar-refractivity contribution in [3.8, 4) is 0 Å². The monoisotopic (exact) mass is 314 g/mol. The highest BCUT2D eigenvalue weighted by Crippen LogP contribution is 2.26. The third kappa shape index (κ3) is 4.28. The molecule has 1 unspecified atom stereocenters. The van der Waals surface area contributed by atoms with E-state index in [9.17, 15) is 4.79 Å². The van der Waals surface area contributed by atoms with Gasteiger partial charge in [0.15, 0.2) is 5.13 Å². The summed E-state index contributed by atoms with van der Waals surface area (Å²) in [7, 11) is 0. The third-order valence-electron chi connectivity index (χ3n) is 3.10. The van der Waals surface area contributed by atoms with Crippen LogP contribution in [0.1, 0.15) is 29.9 Å². The number of nitrogens with zero attached hydrogens (tertiary/aromatic N) is 1. The van der Waals surface area contributed by atoms with Gasteiger partial charge in [-0.1, -0.05) is 25.2 Å². The molecule has 0 bridgehead atoms. The van der Waals surface area contributed by atoms with Crippen LogP contribution in [-0.4, -0.2) is 35.5 Å². The molecule has 0 aromatic carbocycles. The highest BCUT2D eigenvalue weighted by atomic mass is 32.2. The number of amides is 1. The summed E-state index contributed by atoms with van der Waals surface area (Å²) in [6.45, 7) is 5.81. The van der Waals surface area contributed by atoms with Crippen LogP contribution < -0.4 is 16.4 Å². The Bertz CT molecular complexity index is 455. The number of aromatic nitrogens is 1. The van der Waals surface area contributed by atoms with Crippen molar-refractivity contribution in [3.05, 3.63) is 4.88 Å². The maximum Gasteiger partial charge on any atom is 0.265 e.